The molecule has 0 saturated carbocycles. The van der Waals surface area contributed by atoms with Gasteiger partial charge in [0.2, 0.25) is 0 Å². The van der Waals surface area contributed by atoms with Gasteiger partial charge in [-0.1, -0.05) is 0 Å². The fourth-order valence-corrected chi connectivity index (χ4v) is 0.998. The van der Waals surface area contributed by atoms with Crippen molar-refractivity contribution in [3.63, 3.8) is 0 Å². The lowest BCUT2D eigenvalue weighted by atomic mass is 10.3. The number of nitro groups is 1. The van der Waals surface area contributed by atoms with Crippen molar-refractivity contribution in [1.29, 1.82) is 0 Å². The van der Waals surface area contributed by atoms with Crippen molar-refractivity contribution in [1.82, 2.24) is 0 Å². The summed E-state index contributed by atoms with van der Waals surface area (Å²) in [6.45, 7) is 1.30. The highest BCUT2D eigenvalue weighted by atomic mass is 16.6. The quantitative estimate of drug-likeness (QED) is 0.442. The van der Waals surface area contributed by atoms with Crippen molar-refractivity contribution in [3.05, 3.63) is 34.4 Å². The third-order valence-corrected chi connectivity index (χ3v) is 1.71. The van der Waals surface area contributed by atoms with Gasteiger partial charge in [0.15, 0.2) is 0 Å². The van der Waals surface area contributed by atoms with E-state index < -0.39 is 4.92 Å². The standard InChI is InChI=1S/C9H12N2O3/c1-14-7-6-10-8-2-4-9(5-3-8)11(12)13/h2-5,10H,6-7H2,1H3. The third-order valence-electron chi connectivity index (χ3n) is 1.71. The first-order chi connectivity index (χ1) is 6.74. The zero-order valence-electron chi connectivity index (χ0n) is 7.90. The number of non-ortho nitro benzene ring substituents is 1. The van der Waals surface area contributed by atoms with Gasteiger partial charge >= 0.3 is 0 Å². The molecule has 0 aromatic heterocycles. The molecule has 0 aliphatic carbocycles. The number of benzene rings is 1. The average Bonchev–Trinajstić information content (AvgIpc) is 2.19. The highest BCUT2D eigenvalue weighted by Crippen LogP contribution is 2.14. The third kappa shape index (κ3) is 3.02. The number of methoxy groups -OCH3 is 1. The molecule has 14 heavy (non-hydrogen) atoms. The van der Waals surface area contributed by atoms with Gasteiger partial charge in [0.25, 0.3) is 5.69 Å². The van der Waals surface area contributed by atoms with Crippen LogP contribution in [-0.2, 0) is 4.74 Å². The Kier molecular flexibility index (Phi) is 3.87. The molecule has 5 nitrogen and oxygen atoms in total. The number of anilines is 1. The van der Waals surface area contributed by atoms with Crippen LogP contribution in [0, 0.1) is 10.1 Å². The summed E-state index contributed by atoms with van der Waals surface area (Å²) in [5, 5.41) is 13.4. The zero-order chi connectivity index (χ0) is 10.4. The molecule has 1 aromatic rings. The van der Waals surface area contributed by atoms with Crippen molar-refractivity contribution >= 4 is 11.4 Å². The highest BCUT2D eigenvalue weighted by Gasteiger charge is 2.02. The summed E-state index contributed by atoms with van der Waals surface area (Å²) in [4.78, 5) is 9.92. The Morgan fingerprint density at radius 3 is 2.57 bits per heavy atom. The molecule has 5 heteroatoms. The predicted octanol–water partition coefficient (Wildman–Crippen LogP) is 1.65. The van der Waals surface area contributed by atoms with Crippen LogP contribution in [-0.4, -0.2) is 25.2 Å². The first-order valence-electron chi connectivity index (χ1n) is 4.21. The molecule has 0 unspecified atom stereocenters. The van der Waals surface area contributed by atoms with Crippen LogP contribution in [0.5, 0.6) is 0 Å². The van der Waals surface area contributed by atoms with Gasteiger partial charge in [-0.15, -0.1) is 0 Å². The van der Waals surface area contributed by atoms with Crippen molar-refractivity contribution in [3.8, 4) is 0 Å². The van der Waals surface area contributed by atoms with Gasteiger partial charge in [0, 0.05) is 31.5 Å². The Balaban J connectivity index is 2.51. The second kappa shape index (κ2) is 5.18. The fraction of sp³-hybridized carbons (Fsp3) is 0.333. The van der Waals surface area contributed by atoms with Crippen LogP contribution in [0.4, 0.5) is 11.4 Å². The number of nitrogens with zero attached hydrogens (tertiary/aromatic N) is 1. The van der Waals surface area contributed by atoms with Crippen LogP contribution in [0.25, 0.3) is 0 Å². The van der Waals surface area contributed by atoms with Gasteiger partial charge in [0.05, 0.1) is 11.5 Å². The maximum atomic E-state index is 10.3. The van der Waals surface area contributed by atoms with Gasteiger partial charge in [-0.25, -0.2) is 0 Å². The molecular formula is C9H12N2O3. The molecule has 0 fully saturated rings. The van der Waals surface area contributed by atoms with E-state index in [0.29, 0.717) is 13.2 Å². The number of ether oxygens (including phenoxy) is 1. The van der Waals surface area contributed by atoms with E-state index in [4.69, 9.17) is 4.74 Å². The van der Waals surface area contributed by atoms with E-state index in [1.165, 1.54) is 12.1 Å². The number of hydrogen-bond acceptors (Lipinski definition) is 4. The van der Waals surface area contributed by atoms with E-state index in [2.05, 4.69) is 5.32 Å². The first-order valence-corrected chi connectivity index (χ1v) is 4.21. The summed E-state index contributed by atoms with van der Waals surface area (Å²) in [7, 11) is 1.62. The summed E-state index contributed by atoms with van der Waals surface area (Å²) >= 11 is 0. The molecule has 76 valence electrons. The van der Waals surface area contributed by atoms with Gasteiger partial charge in [0.1, 0.15) is 0 Å². The van der Waals surface area contributed by atoms with Crippen LogP contribution >= 0.6 is 0 Å². The van der Waals surface area contributed by atoms with Crippen LogP contribution < -0.4 is 5.32 Å². The smallest absolute Gasteiger partial charge is 0.269 e. The largest absolute Gasteiger partial charge is 0.383 e. The molecule has 0 atom stereocenters. The number of rotatable bonds is 5. The molecule has 0 spiro atoms. The molecule has 1 N–H and O–H groups in total. The Labute approximate surface area is 81.8 Å². The fourth-order valence-electron chi connectivity index (χ4n) is 0.998. The Morgan fingerprint density at radius 1 is 1.43 bits per heavy atom. The maximum absolute atomic E-state index is 10.3. The van der Waals surface area contributed by atoms with E-state index >= 15 is 0 Å². The molecule has 1 aromatic carbocycles. The minimum Gasteiger partial charge on any atom is -0.383 e. The molecule has 0 saturated heterocycles. The predicted molar refractivity (Wildman–Crippen MR) is 53.5 cm³/mol. The topological polar surface area (TPSA) is 64.4 Å². The minimum absolute atomic E-state index is 0.0993. The summed E-state index contributed by atoms with van der Waals surface area (Å²) in [5.74, 6) is 0. The summed E-state index contributed by atoms with van der Waals surface area (Å²) in [6.07, 6.45) is 0. The number of nitrogens with one attached hydrogen (secondary N) is 1. The lowest BCUT2D eigenvalue weighted by molar-refractivity contribution is -0.384. The zero-order valence-corrected chi connectivity index (χ0v) is 7.90. The molecule has 0 aliphatic heterocycles. The van der Waals surface area contributed by atoms with E-state index in [1.54, 1.807) is 19.2 Å². The Morgan fingerprint density at radius 2 is 2.07 bits per heavy atom. The van der Waals surface area contributed by atoms with Gasteiger partial charge in [-0.05, 0) is 12.1 Å². The van der Waals surface area contributed by atoms with Crippen LogP contribution in [0.2, 0.25) is 0 Å². The molecule has 0 aliphatic rings. The highest BCUT2D eigenvalue weighted by molar-refractivity contribution is 5.48. The second-order valence-corrected chi connectivity index (χ2v) is 2.72. The van der Waals surface area contributed by atoms with E-state index in [-0.39, 0.29) is 5.69 Å². The number of hydrogen-bond donors (Lipinski definition) is 1. The lowest BCUT2D eigenvalue weighted by Crippen LogP contribution is -2.07. The molecule has 0 bridgehead atoms. The monoisotopic (exact) mass is 196 g/mol. The average molecular weight is 196 g/mol. The lowest BCUT2D eigenvalue weighted by Gasteiger charge is -2.04. The summed E-state index contributed by atoms with van der Waals surface area (Å²) in [6, 6.07) is 6.28. The van der Waals surface area contributed by atoms with Crippen molar-refractivity contribution in [2.75, 3.05) is 25.6 Å². The van der Waals surface area contributed by atoms with E-state index in [1.807, 2.05) is 0 Å². The summed E-state index contributed by atoms with van der Waals surface area (Å²) in [5.41, 5.74) is 0.954. The van der Waals surface area contributed by atoms with Crippen LogP contribution in [0.1, 0.15) is 0 Å². The van der Waals surface area contributed by atoms with Crippen molar-refractivity contribution in [2.24, 2.45) is 0 Å². The van der Waals surface area contributed by atoms with Crippen molar-refractivity contribution in [2.45, 2.75) is 0 Å². The minimum atomic E-state index is -0.418. The van der Waals surface area contributed by atoms with Crippen LogP contribution in [0.3, 0.4) is 0 Å². The van der Waals surface area contributed by atoms with Crippen molar-refractivity contribution < 1.29 is 9.66 Å². The van der Waals surface area contributed by atoms with Gasteiger partial charge in [-0.2, -0.15) is 0 Å². The Bertz CT molecular complexity index is 297. The van der Waals surface area contributed by atoms with Gasteiger partial charge < -0.3 is 10.1 Å². The first kappa shape index (κ1) is 10.5. The SMILES string of the molecule is COCCNc1ccc([N+](=O)[O-])cc1. The maximum Gasteiger partial charge on any atom is 0.269 e. The van der Waals surface area contributed by atoms with E-state index in [0.717, 1.165) is 5.69 Å². The van der Waals surface area contributed by atoms with E-state index in [9.17, 15) is 10.1 Å². The number of nitro benzene ring substituents is 1. The Hall–Kier alpha value is -1.62. The van der Waals surface area contributed by atoms with Crippen LogP contribution in [0.15, 0.2) is 24.3 Å². The molecular weight excluding hydrogens is 184 g/mol. The second-order valence-electron chi connectivity index (χ2n) is 2.72. The van der Waals surface area contributed by atoms with Gasteiger partial charge in [-0.3, -0.25) is 10.1 Å². The molecule has 1 rings (SSSR count). The summed E-state index contributed by atoms with van der Waals surface area (Å²) < 4.78 is 4.85. The normalized spacial score (nSPS) is 9.79. The molecule has 0 radical (unpaired) electrons. The molecule has 0 heterocycles. The molecule has 0 amide bonds.